The maximum absolute atomic E-state index is 12.5. The number of hydrogen-bond donors (Lipinski definition) is 3. The first-order valence-corrected chi connectivity index (χ1v) is 9.16. The second-order valence-electron chi connectivity index (χ2n) is 6.20. The summed E-state index contributed by atoms with van der Waals surface area (Å²) in [6.45, 7) is 4.43. The van der Waals surface area contributed by atoms with Crippen molar-refractivity contribution in [1.82, 2.24) is 9.71 Å². The minimum Gasteiger partial charge on any atom is -0.307 e. The fraction of sp³-hybridized carbons (Fsp3) is 0.615. The summed E-state index contributed by atoms with van der Waals surface area (Å²) in [7, 11) is -3.65. The summed E-state index contributed by atoms with van der Waals surface area (Å²) in [5, 5.41) is 0. The number of hydrazine groups is 1. The second kappa shape index (κ2) is 6.20. The molecule has 0 aromatic carbocycles. The highest BCUT2D eigenvalue weighted by Crippen LogP contribution is 2.35. The van der Waals surface area contributed by atoms with Crippen LogP contribution in [0.15, 0.2) is 21.6 Å². The Balaban J connectivity index is 2.18. The molecule has 0 aliphatic heterocycles. The van der Waals surface area contributed by atoms with Gasteiger partial charge in [0.25, 0.3) is 0 Å². The van der Waals surface area contributed by atoms with Crippen molar-refractivity contribution >= 4 is 31.8 Å². The van der Waals surface area contributed by atoms with Crippen molar-refractivity contribution in [1.29, 1.82) is 0 Å². The predicted octanol–water partition coefficient (Wildman–Crippen LogP) is 2.38. The molecule has 4 N–H and O–H groups in total. The lowest BCUT2D eigenvalue weighted by Crippen LogP contribution is -2.39. The lowest BCUT2D eigenvalue weighted by Gasteiger charge is -2.34. The number of nitrogens with zero attached hydrogens (tertiary/aromatic N) is 1. The molecule has 118 valence electrons. The summed E-state index contributed by atoms with van der Waals surface area (Å²) < 4.78 is 28.4. The number of sulfonamides is 1. The highest BCUT2D eigenvalue weighted by atomic mass is 79.9. The van der Waals surface area contributed by atoms with Gasteiger partial charge in [-0.1, -0.05) is 13.8 Å². The molecular formula is C13H21BrN4O2S. The van der Waals surface area contributed by atoms with E-state index in [4.69, 9.17) is 5.84 Å². The van der Waals surface area contributed by atoms with E-state index in [1.54, 1.807) is 0 Å². The molecule has 1 fully saturated rings. The SMILES string of the molecule is CC1(C)CCC(NS(=O)(=O)c2cc(Br)cnc2NN)CC1. The standard InChI is InChI=1S/C13H21BrN4O2S/c1-13(2)5-3-10(4-6-13)18-21(19,20)11-7-9(14)8-16-12(11)17-15/h7-8,10,18H,3-6,15H2,1-2H3,(H,16,17). The largest absolute Gasteiger partial charge is 0.307 e. The number of halogens is 1. The van der Waals surface area contributed by atoms with Gasteiger partial charge in [-0.3, -0.25) is 0 Å². The van der Waals surface area contributed by atoms with Gasteiger partial charge >= 0.3 is 0 Å². The Morgan fingerprint density at radius 2 is 2.00 bits per heavy atom. The summed E-state index contributed by atoms with van der Waals surface area (Å²) in [4.78, 5) is 4.04. The highest BCUT2D eigenvalue weighted by Gasteiger charge is 2.30. The van der Waals surface area contributed by atoms with Gasteiger partial charge in [-0.2, -0.15) is 0 Å². The van der Waals surface area contributed by atoms with E-state index < -0.39 is 10.0 Å². The number of nitrogens with one attached hydrogen (secondary N) is 2. The van der Waals surface area contributed by atoms with Gasteiger partial charge in [0.2, 0.25) is 10.0 Å². The third kappa shape index (κ3) is 4.15. The van der Waals surface area contributed by atoms with Gasteiger partial charge in [0.1, 0.15) is 4.90 Å². The molecule has 1 aliphatic carbocycles. The third-order valence-electron chi connectivity index (χ3n) is 3.91. The monoisotopic (exact) mass is 376 g/mol. The van der Waals surface area contributed by atoms with Gasteiger partial charge in [0.05, 0.1) is 0 Å². The molecule has 0 saturated heterocycles. The number of nitrogens with two attached hydrogens (primary N) is 1. The van der Waals surface area contributed by atoms with Crippen LogP contribution in [0.5, 0.6) is 0 Å². The van der Waals surface area contributed by atoms with E-state index in [0.29, 0.717) is 9.89 Å². The Labute approximate surface area is 134 Å². The van der Waals surface area contributed by atoms with Crippen LogP contribution in [0, 0.1) is 5.41 Å². The molecule has 1 aromatic rings. The average molecular weight is 377 g/mol. The van der Waals surface area contributed by atoms with Crippen molar-refractivity contribution in [3.63, 3.8) is 0 Å². The van der Waals surface area contributed by atoms with Gasteiger partial charge in [0.15, 0.2) is 5.82 Å². The maximum atomic E-state index is 12.5. The van der Waals surface area contributed by atoms with Crippen LogP contribution in [0.2, 0.25) is 0 Å². The van der Waals surface area contributed by atoms with E-state index in [2.05, 4.69) is 44.9 Å². The molecule has 0 spiro atoms. The molecule has 8 heteroatoms. The Morgan fingerprint density at radius 1 is 1.38 bits per heavy atom. The molecule has 2 rings (SSSR count). The lowest BCUT2D eigenvalue weighted by atomic mass is 9.76. The summed E-state index contributed by atoms with van der Waals surface area (Å²) in [5.74, 6) is 5.49. The normalized spacial score (nSPS) is 19.4. The Morgan fingerprint density at radius 3 is 2.57 bits per heavy atom. The number of anilines is 1. The first-order chi connectivity index (χ1) is 9.73. The molecule has 1 heterocycles. The number of nitrogen functional groups attached to an aromatic ring is 1. The highest BCUT2D eigenvalue weighted by molar-refractivity contribution is 9.10. The van der Waals surface area contributed by atoms with Gasteiger partial charge in [-0.25, -0.2) is 24.0 Å². The van der Waals surface area contributed by atoms with Crippen LogP contribution in [-0.2, 0) is 10.0 Å². The van der Waals surface area contributed by atoms with Crippen LogP contribution in [-0.4, -0.2) is 19.4 Å². The molecule has 0 atom stereocenters. The van der Waals surface area contributed by atoms with Crippen molar-refractivity contribution in [2.45, 2.75) is 50.5 Å². The summed E-state index contributed by atoms with van der Waals surface area (Å²) in [6, 6.07) is 1.46. The van der Waals surface area contributed by atoms with Crippen LogP contribution in [0.3, 0.4) is 0 Å². The smallest absolute Gasteiger partial charge is 0.244 e. The minimum absolute atomic E-state index is 0.0346. The Hall–Kier alpha value is -0.700. The van der Waals surface area contributed by atoms with Crippen LogP contribution in [0.25, 0.3) is 0 Å². The van der Waals surface area contributed by atoms with E-state index >= 15 is 0 Å². The molecule has 1 aromatic heterocycles. The van der Waals surface area contributed by atoms with E-state index in [1.165, 1.54) is 12.3 Å². The van der Waals surface area contributed by atoms with Crippen molar-refractivity contribution < 1.29 is 8.42 Å². The molecule has 21 heavy (non-hydrogen) atoms. The first kappa shape index (κ1) is 16.7. The topological polar surface area (TPSA) is 97.1 Å². The minimum atomic E-state index is -3.65. The zero-order valence-electron chi connectivity index (χ0n) is 12.2. The number of pyridine rings is 1. The van der Waals surface area contributed by atoms with Crippen molar-refractivity contribution in [3.05, 3.63) is 16.7 Å². The maximum Gasteiger partial charge on any atom is 0.244 e. The van der Waals surface area contributed by atoms with Gasteiger partial charge in [-0.05, 0) is 53.1 Å². The lowest BCUT2D eigenvalue weighted by molar-refractivity contribution is 0.218. The number of rotatable bonds is 4. The third-order valence-corrected chi connectivity index (χ3v) is 5.87. The molecule has 0 unspecified atom stereocenters. The van der Waals surface area contributed by atoms with Crippen LogP contribution in [0.1, 0.15) is 39.5 Å². The van der Waals surface area contributed by atoms with E-state index in [1.807, 2.05) is 0 Å². The van der Waals surface area contributed by atoms with E-state index in [0.717, 1.165) is 25.7 Å². The number of hydrogen-bond acceptors (Lipinski definition) is 5. The van der Waals surface area contributed by atoms with Crippen molar-refractivity contribution in [2.75, 3.05) is 5.43 Å². The zero-order valence-corrected chi connectivity index (χ0v) is 14.6. The van der Waals surface area contributed by atoms with Crippen molar-refractivity contribution in [3.8, 4) is 0 Å². The molecule has 1 saturated carbocycles. The fourth-order valence-corrected chi connectivity index (χ4v) is 4.47. The molecule has 6 nitrogen and oxygen atoms in total. The van der Waals surface area contributed by atoms with Gasteiger partial charge in [-0.15, -0.1) is 0 Å². The Bertz CT molecular complexity index is 609. The molecule has 0 radical (unpaired) electrons. The zero-order chi connectivity index (χ0) is 15.7. The summed E-state index contributed by atoms with van der Waals surface area (Å²) in [6.07, 6.45) is 5.22. The van der Waals surface area contributed by atoms with Gasteiger partial charge in [0, 0.05) is 16.7 Å². The summed E-state index contributed by atoms with van der Waals surface area (Å²) >= 11 is 3.23. The van der Waals surface area contributed by atoms with Crippen LogP contribution >= 0.6 is 15.9 Å². The quantitative estimate of drug-likeness (QED) is 0.553. The fourth-order valence-electron chi connectivity index (χ4n) is 2.53. The van der Waals surface area contributed by atoms with E-state index in [9.17, 15) is 8.42 Å². The van der Waals surface area contributed by atoms with Crippen molar-refractivity contribution in [2.24, 2.45) is 11.3 Å². The van der Waals surface area contributed by atoms with E-state index in [-0.39, 0.29) is 16.8 Å². The first-order valence-electron chi connectivity index (χ1n) is 6.88. The second-order valence-corrected chi connectivity index (χ2v) is 8.80. The van der Waals surface area contributed by atoms with Gasteiger partial charge < -0.3 is 5.43 Å². The average Bonchev–Trinajstić information content (AvgIpc) is 2.41. The number of aromatic nitrogens is 1. The van der Waals surface area contributed by atoms with Crippen LogP contribution in [0.4, 0.5) is 5.82 Å². The molecule has 0 bridgehead atoms. The van der Waals surface area contributed by atoms with Crippen LogP contribution < -0.4 is 16.0 Å². The molecule has 0 amide bonds. The molecule has 1 aliphatic rings. The predicted molar refractivity (Wildman–Crippen MR) is 86.1 cm³/mol. The Kier molecular flexibility index (Phi) is 4.92. The molecular weight excluding hydrogens is 356 g/mol. The summed E-state index contributed by atoms with van der Waals surface area (Å²) in [5.41, 5.74) is 2.62.